The lowest BCUT2D eigenvalue weighted by molar-refractivity contribution is 0.0699. The maximum atomic E-state index is 11.8. The number of pyridine rings is 1. The van der Waals surface area contributed by atoms with Crippen molar-refractivity contribution < 1.29 is 19.1 Å². The highest BCUT2D eigenvalue weighted by Gasteiger charge is 2.17. The molecule has 4 rings (SSSR count). The van der Waals surface area contributed by atoms with Crippen LogP contribution < -0.4 is 4.74 Å². The third kappa shape index (κ3) is 2.58. The average Bonchev–Trinajstić information content (AvgIpc) is 3.03. The lowest BCUT2D eigenvalue weighted by Crippen LogP contribution is -2.02. The highest BCUT2D eigenvalue weighted by Crippen LogP contribution is 2.32. The molecule has 5 nitrogen and oxygen atoms in total. The van der Waals surface area contributed by atoms with Gasteiger partial charge in [-0.1, -0.05) is 6.07 Å². The minimum absolute atomic E-state index is 0.223. The Bertz CT molecular complexity index is 1170. The fourth-order valence-electron chi connectivity index (χ4n) is 3.32. The summed E-state index contributed by atoms with van der Waals surface area (Å²) in [5.74, 6) is 0.272. The summed E-state index contributed by atoms with van der Waals surface area (Å²) >= 11 is 0. The number of aryl methyl sites for hydroxylation is 2. The number of ether oxygens (including phenoxy) is 1. The van der Waals surface area contributed by atoms with Crippen LogP contribution in [0.15, 0.2) is 46.9 Å². The molecule has 0 radical (unpaired) electrons. The van der Waals surface area contributed by atoms with Gasteiger partial charge in [-0.05, 0) is 61.4 Å². The van der Waals surface area contributed by atoms with Gasteiger partial charge in [-0.2, -0.15) is 0 Å². The van der Waals surface area contributed by atoms with Gasteiger partial charge in [0, 0.05) is 10.8 Å². The first-order chi connectivity index (χ1) is 12.5. The van der Waals surface area contributed by atoms with Crippen molar-refractivity contribution in [3.63, 3.8) is 0 Å². The van der Waals surface area contributed by atoms with E-state index in [-0.39, 0.29) is 5.56 Å². The average molecular weight is 347 g/mol. The maximum absolute atomic E-state index is 11.8. The van der Waals surface area contributed by atoms with Crippen LogP contribution in [0.4, 0.5) is 0 Å². The minimum Gasteiger partial charge on any atom is -0.497 e. The summed E-state index contributed by atoms with van der Waals surface area (Å²) in [5, 5.41) is 11.2. The van der Waals surface area contributed by atoms with Crippen LogP contribution in [-0.4, -0.2) is 23.2 Å². The van der Waals surface area contributed by atoms with Crippen molar-refractivity contribution >= 4 is 27.8 Å². The first kappa shape index (κ1) is 16.1. The van der Waals surface area contributed by atoms with Crippen LogP contribution in [0.2, 0.25) is 0 Å². The van der Waals surface area contributed by atoms with Crippen molar-refractivity contribution in [1.82, 2.24) is 4.98 Å². The summed E-state index contributed by atoms with van der Waals surface area (Å²) in [5.41, 5.74) is 3.99. The van der Waals surface area contributed by atoms with Crippen molar-refractivity contribution in [2.75, 3.05) is 7.11 Å². The molecule has 2 aromatic heterocycles. The molecule has 0 fully saturated rings. The van der Waals surface area contributed by atoms with Crippen LogP contribution in [0.5, 0.6) is 5.75 Å². The molecule has 0 saturated heterocycles. The fraction of sp³-hybridized carbons (Fsp3) is 0.143. The van der Waals surface area contributed by atoms with Gasteiger partial charge in [-0.25, -0.2) is 9.78 Å². The van der Waals surface area contributed by atoms with Crippen molar-refractivity contribution in [3.8, 4) is 17.2 Å². The highest BCUT2D eigenvalue weighted by atomic mass is 16.5. The van der Waals surface area contributed by atoms with E-state index in [1.165, 1.54) is 0 Å². The van der Waals surface area contributed by atoms with E-state index in [0.29, 0.717) is 27.9 Å². The molecule has 0 aliphatic rings. The zero-order chi connectivity index (χ0) is 18.4. The Morgan fingerprint density at radius 3 is 2.65 bits per heavy atom. The Labute approximate surface area is 149 Å². The smallest absolute Gasteiger partial charge is 0.336 e. The van der Waals surface area contributed by atoms with Crippen LogP contribution in [0.25, 0.3) is 33.3 Å². The lowest BCUT2D eigenvalue weighted by Gasteiger charge is -2.09. The van der Waals surface area contributed by atoms with Crippen molar-refractivity contribution in [2.24, 2.45) is 0 Å². The molecule has 2 aromatic carbocycles. The number of carboxylic acid groups (broad SMARTS) is 1. The molecule has 0 aliphatic heterocycles. The van der Waals surface area contributed by atoms with Gasteiger partial charge in [0.1, 0.15) is 17.0 Å². The van der Waals surface area contributed by atoms with E-state index in [1.54, 1.807) is 13.2 Å². The van der Waals surface area contributed by atoms with Crippen molar-refractivity contribution in [3.05, 3.63) is 59.2 Å². The zero-order valence-electron chi connectivity index (χ0n) is 14.7. The number of fused-ring (bicyclic) bond motifs is 2. The summed E-state index contributed by atoms with van der Waals surface area (Å²) < 4.78 is 11.1. The molecule has 2 heterocycles. The first-order valence-corrected chi connectivity index (χ1v) is 8.19. The Balaban J connectivity index is 1.98. The molecule has 5 heteroatoms. The number of carboxylic acids is 1. The van der Waals surface area contributed by atoms with Crippen LogP contribution in [0.1, 0.15) is 21.5 Å². The van der Waals surface area contributed by atoms with E-state index in [4.69, 9.17) is 9.15 Å². The molecule has 0 amide bonds. The summed E-state index contributed by atoms with van der Waals surface area (Å²) in [6.45, 7) is 3.87. The number of aromatic carboxylic acids is 1. The maximum Gasteiger partial charge on any atom is 0.336 e. The van der Waals surface area contributed by atoms with Gasteiger partial charge in [0.05, 0.1) is 18.2 Å². The molecular formula is C21H17NO4. The number of methoxy groups -OCH3 is 1. The summed E-state index contributed by atoms with van der Waals surface area (Å²) in [6, 6.07) is 12.8. The number of hydrogen-bond acceptors (Lipinski definition) is 4. The normalized spacial score (nSPS) is 11.2. The van der Waals surface area contributed by atoms with E-state index in [0.717, 1.165) is 22.3 Å². The monoisotopic (exact) mass is 347 g/mol. The Morgan fingerprint density at radius 1 is 1.12 bits per heavy atom. The van der Waals surface area contributed by atoms with Gasteiger partial charge in [-0.3, -0.25) is 0 Å². The molecule has 0 saturated carbocycles. The van der Waals surface area contributed by atoms with E-state index in [2.05, 4.69) is 4.98 Å². The summed E-state index contributed by atoms with van der Waals surface area (Å²) in [6.07, 6.45) is 0. The van der Waals surface area contributed by atoms with Crippen LogP contribution >= 0.6 is 0 Å². The minimum atomic E-state index is -0.983. The first-order valence-electron chi connectivity index (χ1n) is 8.19. The van der Waals surface area contributed by atoms with Crippen molar-refractivity contribution in [2.45, 2.75) is 13.8 Å². The number of hydrogen-bond donors (Lipinski definition) is 1. The van der Waals surface area contributed by atoms with Gasteiger partial charge in [-0.15, -0.1) is 0 Å². The molecule has 130 valence electrons. The molecule has 4 aromatic rings. The summed E-state index contributed by atoms with van der Waals surface area (Å²) in [4.78, 5) is 16.5. The van der Waals surface area contributed by atoms with E-state index in [1.807, 2.05) is 50.2 Å². The van der Waals surface area contributed by atoms with Crippen molar-refractivity contribution in [1.29, 1.82) is 0 Å². The largest absolute Gasteiger partial charge is 0.497 e. The number of rotatable bonds is 3. The second-order valence-electron chi connectivity index (χ2n) is 6.35. The molecule has 0 spiro atoms. The number of aromatic nitrogens is 1. The van der Waals surface area contributed by atoms with Gasteiger partial charge >= 0.3 is 5.97 Å². The number of benzene rings is 2. The molecule has 0 atom stereocenters. The standard InChI is InChI=1S/C21H17NO4/c1-11-6-12(2)20-15(21(23)24)10-16(22-17(20)7-11)19-9-13-8-14(25-3)4-5-18(13)26-19/h4-10H,1-3H3,(H,23,24). The van der Waals surface area contributed by atoms with E-state index < -0.39 is 5.97 Å². The molecule has 0 aliphatic carbocycles. The van der Waals surface area contributed by atoms with Gasteiger partial charge < -0.3 is 14.3 Å². The quantitative estimate of drug-likeness (QED) is 0.566. The van der Waals surface area contributed by atoms with Gasteiger partial charge in [0.25, 0.3) is 0 Å². The molecular weight excluding hydrogens is 330 g/mol. The molecule has 1 N–H and O–H groups in total. The van der Waals surface area contributed by atoms with E-state index >= 15 is 0 Å². The number of furan rings is 1. The second-order valence-corrected chi connectivity index (χ2v) is 6.35. The molecule has 0 bridgehead atoms. The third-order valence-corrected chi connectivity index (χ3v) is 4.46. The Kier molecular flexibility index (Phi) is 3.65. The van der Waals surface area contributed by atoms with Crippen LogP contribution in [0.3, 0.4) is 0 Å². The number of nitrogens with zero attached hydrogens (tertiary/aromatic N) is 1. The fourth-order valence-corrected chi connectivity index (χ4v) is 3.32. The molecule has 26 heavy (non-hydrogen) atoms. The predicted molar refractivity (Wildman–Crippen MR) is 99.9 cm³/mol. The second kappa shape index (κ2) is 5.88. The summed E-state index contributed by atoms with van der Waals surface area (Å²) in [7, 11) is 1.61. The lowest BCUT2D eigenvalue weighted by atomic mass is 10.00. The van der Waals surface area contributed by atoms with Gasteiger partial charge in [0.2, 0.25) is 0 Å². The third-order valence-electron chi connectivity index (χ3n) is 4.46. The Morgan fingerprint density at radius 2 is 1.92 bits per heavy atom. The van der Waals surface area contributed by atoms with Gasteiger partial charge in [0.15, 0.2) is 5.76 Å². The predicted octanol–water partition coefficient (Wildman–Crippen LogP) is 4.97. The molecule has 0 unspecified atom stereocenters. The van der Waals surface area contributed by atoms with Crippen LogP contribution in [0, 0.1) is 13.8 Å². The van der Waals surface area contributed by atoms with E-state index in [9.17, 15) is 9.90 Å². The Hall–Kier alpha value is -3.34. The SMILES string of the molecule is COc1ccc2oc(-c3cc(C(=O)O)c4c(C)cc(C)cc4n3)cc2c1. The topological polar surface area (TPSA) is 72.6 Å². The zero-order valence-corrected chi connectivity index (χ0v) is 14.7. The van der Waals surface area contributed by atoms with Crippen LogP contribution in [-0.2, 0) is 0 Å². The number of carbonyl (C=O) groups is 1. The highest BCUT2D eigenvalue weighted by molar-refractivity contribution is 6.05.